The molecule has 0 aliphatic heterocycles. The van der Waals surface area contributed by atoms with E-state index in [9.17, 15) is 13.2 Å². The summed E-state index contributed by atoms with van der Waals surface area (Å²) in [5.74, 6) is -0.183. The van der Waals surface area contributed by atoms with Crippen molar-refractivity contribution in [3.05, 3.63) is 29.8 Å². The molecular formula is C11H15NO4S. The molecule has 0 heterocycles. The molecule has 1 rings (SSSR count). The number of hydrogen-bond donors (Lipinski definition) is 2. The number of sulfonamides is 1. The van der Waals surface area contributed by atoms with E-state index in [1.165, 1.54) is 25.1 Å². The van der Waals surface area contributed by atoms with Gasteiger partial charge in [0.25, 0.3) is 0 Å². The first-order chi connectivity index (χ1) is 7.97. The average molecular weight is 257 g/mol. The second-order valence-corrected chi connectivity index (χ2v) is 5.33. The summed E-state index contributed by atoms with van der Waals surface area (Å²) < 4.78 is 25.9. The topological polar surface area (TPSA) is 83.5 Å². The second-order valence-electron chi connectivity index (χ2n) is 3.56. The Morgan fingerprint density at radius 1 is 1.41 bits per heavy atom. The van der Waals surface area contributed by atoms with Crippen LogP contribution in [0.2, 0.25) is 0 Å². The Morgan fingerprint density at radius 2 is 2.12 bits per heavy atom. The van der Waals surface area contributed by atoms with Gasteiger partial charge in [0.1, 0.15) is 0 Å². The van der Waals surface area contributed by atoms with Gasteiger partial charge < -0.3 is 5.11 Å². The lowest BCUT2D eigenvalue weighted by atomic mass is 10.2. The summed E-state index contributed by atoms with van der Waals surface area (Å²) in [6.07, 6.45) is 0.353. The number of aliphatic hydroxyl groups is 1. The normalized spacial score (nSPS) is 11.4. The molecule has 0 spiro atoms. The minimum atomic E-state index is -3.60. The predicted molar refractivity (Wildman–Crippen MR) is 63.3 cm³/mol. The summed E-state index contributed by atoms with van der Waals surface area (Å²) in [5, 5.41) is 8.57. The number of nitrogens with one attached hydrogen (secondary N) is 1. The van der Waals surface area contributed by atoms with Crippen LogP contribution in [-0.2, 0) is 10.0 Å². The van der Waals surface area contributed by atoms with E-state index in [2.05, 4.69) is 4.72 Å². The fourth-order valence-corrected chi connectivity index (χ4v) is 2.37. The van der Waals surface area contributed by atoms with Gasteiger partial charge in [0.05, 0.1) is 4.90 Å². The van der Waals surface area contributed by atoms with Gasteiger partial charge in [0.2, 0.25) is 10.0 Å². The van der Waals surface area contributed by atoms with Gasteiger partial charge in [0, 0.05) is 18.7 Å². The van der Waals surface area contributed by atoms with Crippen LogP contribution in [0.25, 0.3) is 0 Å². The third kappa shape index (κ3) is 3.92. The van der Waals surface area contributed by atoms with Gasteiger partial charge in [0.15, 0.2) is 5.78 Å². The van der Waals surface area contributed by atoms with Gasteiger partial charge in [-0.15, -0.1) is 0 Å². The van der Waals surface area contributed by atoms with Gasteiger partial charge in [-0.1, -0.05) is 12.1 Å². The number of carbonyl (C=O) groups is 1. The maximum Gasteiger partial charge on any atom is 0.240 e. The maximum absolute atomic E-state index is 11.8. The van der Waals surface area contributed by atoms with Crippen molar-refractivity contribution in [1.82, 2.24) is 4.72 Å². The minimum absolute atomic E-state index is 0.0585. The summed E-state index contributed by atoms with van der Waals surface area (Å²) in [4.78, 5) is 11.2. The zero-order chi connectivity index (χ0) is 12.9. The quantitative estimate of drug-likeness (QED) is 0.576. The van der Waals surface area contributed by atoms with Crippen molar-refractivity contribution in [1.29, 1.82) is 0 Å². The third-order valence-electron chi connectivity index (χ3n) is 2.18. The monoisotopic (exact) mass is 257 g/mol. The highest BCUT2D eigenvalue weighted by molar-refractivity contribution is 7.89. The zero-order valence-corrected chi connectivity index (χ0v) is 10.3. The van der Waals surface area contributed by atoms with Crippen LogP contribution >= 0.6 is 0 Å². The summed E-state index contributed by atoms with van der Waals surface area (Å²) in [5.41, 5.74) is 0.357. The molecule has 0 radical (unpaired) electrons. The predicted octanol–water partition coefficient (Wildman–Crippen LogP) is 0.550. The van der Waals surface area contributed by atoms with Crippen LogP contribution in [0.3, 0.4) is 0 Å². The summed E-state index contributed by atoms with van der Waals surface area (Å²) in [6.45, 7) is 1.48. The highest BCUT2D eigenvalue weighted by Crippen LogP contribution is 2.11. The van der Waals surface area contributed by atoms with Crippen molar-refractivity contribution >= 4 is 15.8 Å². The highest BCUT2D eigenvalue weighted by Gasteiger charge is 2.14. The Labute approximate surface area is 101 Å². The molecule has 0 fully saturated rings. The van der Waals surface area contributed by atoms with Crippen molar-refractivity contribution in [2.45, 2.75) is 18.2 Å². The molecule has 1 aromatic carbocycles. The molecule has 0 aliphatic rings. The summed E-state index contributed by atoms with van der Waals surface area (Å²) in [7, 11) is -3.60. The first kappa shape index (κ1) is 13.8. The lowest BCUT2D eigenvalue weighted by Crippen LogP contribution is -2.25. The third-order valence-corrected chi connectivity index (χ3v) is 3.64. The molecule has 0 unspecified atom stereocenters. The van der Waals surface area contributed by atoms with Crippen LogP contribution in [0.5, 0.6) is 0 Å². The number of carbonyl (C=O) groups excluding carboxylic acids is 1. The fraction of sp³-hybridized carbons (Fsp3) is 0.364. The van der Waals surface area contributed by atoms with Crippen LogP contribution in [-0.4, -0.2) is 32.5 Å². The van der Waals surface area contributed by atoms with E-state index in [0.29, 0.717) is 12.0 Å². The zero-order valence-electron chi connectivity index (χ0n) is 9.51. The van der Waals surface area contributed by atoms with E-state index in [1.54, 1.807) is 6.07 Å². The van der Waals surface area contributed by atoms with Crippen molar-refractivity contribution in [3.63, 3.8) is 0 Å². The number of ketones is 1. The Hall–Kier alpha value is -1.24. The largest absolute Gasteiger partial charge is 0.396 e. The number of Topliss-reactive ketones (excluding diaryl/α,β-unsaturated/α-hetero) is 1. The molecule has 0 atom stereocenters. The van der Waals surface area contributed by atoms with Gasteiger partial charge in [-0.3, -0.25) is 4.79 Å². The van der Waals surface area contributed by atoms with Gasteiger partial charge >= 0.3 is 0 Å². The molecule has 6 heteroatoms. The van der Waals surface area contributed by atoms with Crippen LogP contribution < -0.4 is 4.72 Å². The van der Waals surface area contributed by atoms with E-state index < -0.39 is 10.0 Å². The molecule has 0 aliphatic carbocycles. The molecule has 94 valence electrons. The average Bonchev–Trinajstić information content (AvgIpc) is 2.29. The van der Waals surface area contributed by atoms with Gasteiger partial charge in [-0.25, -0.2) is 13.1 Å². The van der Waals surface area contributed by atoms with E-state index in [4.69, 9.17) is 5.11 Å². The van der Waals surface area contributed by atoms with Crippen molar-refractivity contribution in [2.24, 2.45) is 0 Å². The Kier molecular flexibility index (Phi) is 4.80. The molecule has 0 amide bonds. The molecule has 1 aromatic rings. The Bertz CT molecular complexity index is 496. The van der Waals surface area contributed by atoms with E-state index in [1.807, 2.05) is 0 Å². The smallest absolute Gasteiger partial charge is 0.240 e. The van der Waals surface area contributed by atoms with Crippen molar-refractivity contribution < 1.29 is 18.3 Å². The summed E-state index contributed by atoms with van der Waals surface area (Å²) in [6, 6.07) is 5.85. The SMILES string of the molecule is CC(=O)c1cccc(S(=O)(=O)NCCCO)c1. The fourth-order valence-electron chi connectivity index (χ4n) is 1.25. The molecule has 0 saturated carbocycles. The molecule has 0 saturated heterocycles. The lowest BCUT2D eigenvalue weighted by molar-refractivity contribution is 0.101. The number of rotatable bonds is 6. The van der Waals surface area contributed by atoms with Crippen molar-refractivity contribution in [3.8, 4) is 0 Å². The standard InChI is InChI=1S/C11H15NO4S/c1-9(14)10-4-2-5-11(8-10)17(15,16)12-6-3-7-13/h2,4-5,8,12-13H,3,6-7H2,1H3. The van der Waals surface area contributed by atoms with E-state index >= 15 is 0 Å². The van der Waals surface area contributed by atoms with Crippen LogP contribution in [0.4, 0.5) is 0 Å². The van der Waals surface area contributed by atoms with E-state index in [0.717, 1.165) is 0 Å². The van der Waals surface area contributed by atoms with Gasteiger partial charge in [-0.2, -0.15) is 0 Å². The van der Waals surface area contributed by atoms with Gasteiger partial charge in [-0.05, 0) is 25.5 Å². The lowest BCUT2D eigenvalue weighted by Gasteiger charge is -2.06. The first-order valence-corrected chi connectivity index (χ1v) is 6.67. The molecule has 0 aromatic heterocycles. The second kappa shape index (κ2) is 5.90. The van der Waals surface area contributed by atoms with Crippen LogP contribution in [0, 0.1) is 0 Å². The highest BCUT2D eigenvalue weighted by atomic mass is 32.2. The number of hydrogen-bond acceptors (Lipinski definition) is 4. The maximum atomic E-state index is 11.8. The van der Waals surface area contributed by atoms with E-state index in [-0.39, 0.29) is 23.8 Å². The molecule has 5 nitrogen and oxygen atoms in total. The number of benzene rings is 1. The minimum Gasteiger partial charge on any atom is -0.396 e. The molecule has 17 heavy (non-hydrogen) atoms. The number of aliphatic hydroxyl groups excluding tert-OH is 1. The first-order valence-electron chi connectivity index (χ1n) is 5.19. The Morgan fingerprint density at radius 3 is 2.71 bits per heavy atom. The van der Waals surface area contributed by atoms with Crippen LogP contribution in [0.15, 0.2) is 29.2 Å². The van der Waals surface area contributed by atoms with Crippen LogP contribution in [0.1, 0.15) is 23.7 Å². The molecule has 0 bridgehead atoms. The Balaban J connectivity index is 2.91. The molecular weight excluding hydrogens is 242 g/mol. The molecule has 2 N–H and O–H groups in total. The van der Waals surface area contributed by atoms with Crippen molar-refractivity contribution in [2.75, 3.05) is 13.2 Å². The summed E-state index contributed by atoms with van der Waals surface area (Å²) >= 11 is 0.